The van der Waals surface area contributed by atoms with Gasteiger partial charge in [-0.2, -0.15) is 0 Å². The van der Waals surface area contributed by atoms with E-state index in [0.29, 0.717) is 16.3 Å². The Morgan fingerprint density at radius 3 is 2.76 bits per heavy atom. The predicted octanol–water partition coefficient (Wildman–Crippen LogP) is 2.80. The van der Waals surface area contributed by atoms with E-state index in [1.807, 2.05) is 0 Å². The van der Waals surface area contributed by atoms with Crippen LogP contribution in [0.4, 0.5) is 0 Å². The molecule has 2 aromatic rings. The Labute approximate surface area is 103 Å². The van der Waals surface area contributed by atoms with Crippen molar-refractivity contribution in [2.24, 2.45) is 0 Å². The summed E-state index contributed by atoms with van der Waals surface area (Å²) in [5, 5.41) is 9.43. The van der Waals surface area contributed by atoms with E-state index in [4.69, 9.17) is 16.7 Å². The standard InChI is InChI=1S/C12H9ClN2O2/c1-7-4-9(10(6-15-7)12(16)17)8-2-3-14-11(13)5-8/h2-6H,1H3,(H,16,17). The van der Waals surface area contributed by atoms with Crippen LogP contribution in [0.25, 0.3) is 11.1 Å². The van der Waals surface area contributed by atoms with Crippen LogP contribution < -0.4 is 0 Å². The molecular weight excluding hydrogens is 240 g/mol. The Morgan fingerprint density at radius 2 is 2.12 bits per heavy atom. The minimum absolute atomic E-state index is 0.151. The number of aryl methyl sites for hydroxylation is 1. The van der Waals surface area contributed by atoms with Crippen molar-refractivity contribution in [2.45, 2.75) is 6.92 Å². The molecule has 1 N–H and O–H groups in total. The zero-order chi connectivity index (χ0) is 12.4. The highest BCUT2D eigenvalue weighted by Gasteiger charge is 2.12. The molecule has 0 unspecified atom stereocenters. The monoisotopic (exact) mass is 248 g/mol. The number of hydrogen-bond acceptors (Lipinski definition) is 3. The van der Waals surface area contributed by atoms with Crippen molar-refractivity contribution in [1.82, 2.24) is 9.97 Å². The number of halogens is 1. The van der Waals surface area contributed by atoms with E-state index in [2.05, 4.69) is 9.97 Å². The normalized spacial score (nSPS) is 10.2. The molecule has 0 saturated heterocycles. The Morgan fingerprint density at radius 1 is 1.35 bits per heavy atom. The zero-order valence-electron chi connectivity index (χ0n) is 9.01. The lowest BCUT2D eigenvalue weighted by Gasteiger charge is -2.07. The van der Waals surface area contributed by atoms with Crippen LogP contribution in [-0.4, -0.2) is 21.0 Å². The van der Waals surface area contributed by atoms with Crippen LogP contribution in [0.2, 0.25) is 5.15 Å². The number of nitrogens with zero attached hydrogens (tertiary/aromatic N) is 2. The third kappa shape index (κ3) is 2.42. The molecule has 0 spiro atoms. The molecular formula is C12H9ClN2O2. The molecule has 0 aliphatic rings. The number of carboxylic acid groups (broad SMARTS) is 1. The maximum Gasteiger partial charge on any atom is 0.337 e. The van der Waals surface area contributed by atoms with Crippen molar-refractivity contribution in [3.05, 3.63) is 47.0 Å². The second-order valence-corrected chi connectivity index (χ2v) is 3.93. The first-order valence-electron chi connectivity index (χ1n) is 4.90. The van der Waals surface area contributed by atoms with Gasteiger partial charge in [-0.25, -0.2) is 9.78 Å². The first kappa shape index (κ1) is 11.5. The average Bonchev–Trinajstić information content (AvgIpc) is 2.28. The van der Waals surface area contributed by atoms with E-state index in [1.165, 1.54) is 6.20 Å². The Hall–Kier alpha value is -1.94. The first-order chi connectivity index (χ1) is 8.08. The lowest BCUT2D eigenvalue weighted by Crippen LogP contribution is -2.01. The molecule has 86 valence electrons. The van der Waals surface area contributed by atoms with Crippen molar-refractivity contribution in [3.63, 3.8) is 0 Å². The smallest absolute Gasteiger partial charge is 0.337 e. The van der Waals surface area contributed by atoms with Gasteiger partial charge in [0, 0.05) is 18.1 Å². The van der Waals surface area contributed by atoms with E-state index in [0.717, 1.165) is 5.69 Å². The van der Waals surface area contributed by atoms with Gasteiger partial charge in [0.25, 0.3) is 0 Å². The van der Waals surface area contributed by atoms with Crippen molar-refractivity contribution < 1.29 is 9.90 Å². The van der Waals surface area contributed by atoms with Gasteiger partial charge in [-0.05, 0) is 36.2 Å². The third-order valence-electron chi connectivity index (χ3n) is 2.31. The number of pyridine rings is 2. The Bertz CT molecular complexity index is 584. The number of aromatic nitrogens is 2. The van der Waals surface area contributed by atoms with Crippen molar-refractivity contribution in [1.29, 1.82) is 0 Å². The molecule has 0 aromatic carbocycles. The summed E-state index contributed by atoms with van der Waals surface area (Å²) in [6, 6.07) is 5.06. The summed E-state index contributed by atoms with van der Waals surface area (Å²) in [5.41, 5.74) is 2.21. The van der Waals surface area contributed by atoms with Gasteiger partial charge in [0.2, 0.25) is 0 Å². The molecule has 2 heterocycles. The first-order valence-corrected chi connectivity index (χ1v) is 5.27. The summed E-state index contributed by atoms with van der Waals surface area (Å²) in [7, 11) is 0. The minimum Gasteiger partial charge on any atom is -0.478 e. The molecule has 0 fully saturated rings. The van der Waals surface area contributed by atoms with E-state index in [-0.39, 0.29) is 5.56 Å². The lowest BCUT2D eigenvalue weighted by molar-refractivity contribution is 0.0697. The second kappa shape index (κ2) is 4.51. The van der Waals surface area contributed by atoms with Gasteiger partial charge in [0.15, 0.2) is 0 Å². The third-order valence-corrected chi connectivity index (χ3v) is 2.52. The van der Waals surface area contributed by atoms with Gasteiger partial charge >= 0.3 is 5.97 Å². The quantitative estimate of drug-likeness (QED) is 0.830. The number of rotatable bonds is 2. The number of aromatic carboxylic acids is 1. The number of hydrogen-bond donors (Lipinski definition) is 1. The van der Waals surface area contributed by atoms with Crippen LogP contribution in [0.15, 0.2) is 30.6 Å². The zero-order valence-corrected chi connectivity index (χ0v) is 9.77. The summed E-state index contributed by atoms with van der Waals surface area (Å²) in [5.74, 6) is -1.01. The molecule has 2 rings (SSSR count). The average molecular weight is 249 g/mol. The molecule has 0 bridgehead atoms. The number of carbonyl (C=O) groups is 1. The van der Waals surface area contributed by atoms with Gasteiger partial charge in [0.05, 0.1) is 5.56 Å². The lowest BCUT2D eigenvalue weighted by atomic mass is 10.0. The van der Waals surface area contributed by atoms with Gasteiger partial charge in [0.1, 0.15) is 5.15 Å². The van der Waals surface area contributed by atoms with Crippen LogP contribution in [0, 0.1) is 6.92 Å². The molecule has 0 atom stereocenters. The largest absolute Gasteiger partial charge is 0.478 e. The SMILES string of the molecule is Cc1cc(-c2ccnc(Cl)c2)c(C(=O)O)cn1. The molecule has 0 radical (unpaired) electrons. The maximum atomic E-state index is 11.1. The summed E-state index contributed by atoms with van der Waals surface area (Å²) in [6.45, 7) is 1.80. The van der Waals surface area contributed by atoms with E-state index in [1.54, 1.807) is 31.3 Å². The van der Waals surface area contributed by atoms with Crippen LogP contribution in [-0.2, 0) is 0 Å². The molecule has 0 saturated carbocycles. The highest BCUT2D eigenvalue weighted by molar-refractivity contribution is 6.29. The van der Waals surface area contributed by atoms with E-state index in [9.17, 15) is 4.79 Å². The van der Waals surface area contributed by atoms with E-state index >= 15 is 0 Å². The fourth-order valence-electron chi connectivity index (χ4n) is 1.54. The van der Waals surface area contributed by atoms with Crippen LogP contribution in [0.3, 0.4) is 0 Å². The van der Waals surface area contributed by atoms with Gasteiger partial charge < -0.3 is 5.11 Å². The minimum atomic E-state index is -1.01. The second-order valence-electron chi connectivity index (χ2n) is 3.54. The topological polar surface area (TPSA) is 63.1 Å². The molecule has 0 amide bonds. The van der Waals surface area contributed by atoms with Gasteiger partial charge in [-0.1, -0.05) is 11.6 Å². The maximum absolute atomic E-state index is 11.1. The van der Waals surface area contributed by atoms with Crippen molar-refractivity contribution in [3.8, 4) is 11.1 Å². The van der Waals surface area contributed by atoms with Crippen LogP contribution >= 0.6 is 11.6 Å². The molecule has 0 aliphatic carbocycles. The Kier molecular flexibility index (Phi) is 3.06. The fourth-order valence-corrected chi connectivity index (χ4v) is 1.71. The van der Waals surface area contributed by atoms with Crippen LogP contribution in [0.1, 0.15) is 16.1 Å². The van der Waals surface area contributed by atoms with Crippen LogP contribution in [0.5, 0.6) is 0 Å². The number of carboxylic acids is 1. The summed E-state index contributed by atoms with van der Waals surface area (Å²) in [6.07, 6.45) is 2.89. The summed E-state index contributed by atoms with van der Waals surface area (Å²) >= 11 is 5.79. The molecule has 4 nitrogen and oxygen atoms in total. The summed E-state index contributed by atoms with van der Waals surface area (Å²) in [4.78, 5) is 18.9. The highest BCUT2D eigenvalue weighted by Crippen LogP contribution is 2.25. The van der Waals surface area contributed by atoms with E-state index < -0.39 is 5.97 Å². The Balaban J connectivity index is 2.65. The predicted molar refractivity (Wildman–Crippen MR) is 64.2 cm³/mol. The molecule has 5 heteroatoms. The van der Waals surface area contributed by atoms with Gasteiger partial charge in [-0.15, -0.1) is 0 Å². The summed E-state index contributed by atoms with van der Waals surface area (Å²) < 4.78 is 0. The fraction of sp³-hybridized carbons (Fsp3) is 0.0833. The van der Waals surface area contributed by atoms with Crippen molar-refractivity contribution in [2.75, 3.05) is 0 Å². The van der Waals surface area contributed by atoms with Gasteiger partial charge in [-0.3, -0.25) is 4.98 Å². The molecule has 0 aliphatic heterocycles. The molecule has 2 aromatic heterocycles. The molecule has 17 heavy (non-hydrogen) atoms. The van der Waals surface area contributed by atoms with Crippen molar-refractivity contribution >= 4 is 17.6 Å². The highest BCUT2D eigenvalue weighted by atomic mass is 35.5.